The van der Waals surface area contributed by atoms with E-state index in [1.165, 1.54) is 40.3 Å². The van der Waals surface area contributed by atoms with E-state index in [-0.39, 0.29) is 0 Å². The molecular formula is C15H12P. The van der Waals surface area contributed by atoms with Gasteiger partial charge in [0.15, 0.2) is 0 Å². The molecule has 0 aliphatic rings. The fourth-order valence-corrected chi connectivity index (χ4v) is 3.14. The normalized spacial score (nSPS) is 11.6. The standard InChI is InChI=1S/C15H12P/c1-10-7-13-9-12-5-3-4-6-14(12)16-15(13)8-11(10)2/h3-6,8-9H,1-2H3. The maximum atomic E-state index is 3.47. The van der Waals surface area contributed by atoms with Crippen LogP contribution in [0.15, 0.2) is 36.4 Å². The molecule has 1 heterocycles. The number of fused-ring (bicyclic) bond motifs is 2. The zero-order valence-corrected chi connectivity index (χ0v) is 10.3. The van der Waals surface area contributed by atoms with Gasteiger partial charge in [-0.25, -0.2) is 0 Å². The Morgan fingerprint density at radius 2 is 1.81 bits per heavy atom. The topological polar surface area (TPSA) is 0 Å². The number of hydrogen-bond acceptors (Lipinski definition) is 0. The molecule has 0 aliphatic heterocycles. The molecule has 0 fully saturated rings. The highest BCUT2D eigenvalue weighted by Gasteiger charge is 2.01. The molecule has 1 aromatic heterocycles. The molecule has 0 amide bonds. The van der Waals surface area contributed by atoms with E-state index >= 15 is 0 Å². The molecule has 0 N–H and O–H groups in total. The van der Waals surface area contributed by atoms with Gasteiger partial charge in [0.25, 0.3) is 0 Å². The lowest BCUT2D eigenvalue weighted by atomic mass is 10.1. The summed E-state index contributed by atoms with van der Waals surface area (Å²) in [6, 6.07) is 16.6. The maximum Gasteiger partial charge on any atom is 0.0105 e. The molecule has 0 aliphatic carbocycles. The second-order valence-corrected chi connectivity index (χ2v) is 5.38. The molecule has 77 valence electrons. The van der Waals surface area contributed by atoms with Crippen molar-refractivity contribution >= 4 is 29.2 Å². The summed E-state index contributed by atoms with van der Waals surface area (Å²) in [5, 5.41) is 5.35. The molecular weight excluding hydrogens is 211 g/mol. The third-order valence-electron chi connectivity index (χ3n) is 3.02. The summed E-state index contributed by atoms with van der Waals surface area (Å²) in [7, 11) is 1.31. The fourth-order valence-electron chi connectivity index (χ4n) is 1.95. The number of aryl methyl sites for hydroxylation is 2. The highest BCUT2D eigenvalue weighted by Crippen LogP contribution is 2.33. The van der Waals surface area contributed by atoms with Gasteiger partial charge >= 0.3 is 0 Å². The molecule has 0 nitrogen and oxygen atoms in total. The van der Waals surface area contributed by atoms with E-state index in [1.54, 1.807) is 0 Å². The van der Waals surface area contributed by atoms with Crippen LogP contribution < -0.4 is 0 Å². The van der Waals surface area contributed by atoms with E-state index in [0.717, 1.165) is 0 Å². The number of benzene rings is 2. The summed E-state index contributed by atoms with van der Waals surface area (Å²) in [6.45, 7) is 4.28. The third kappa shape index (κ3) is 1.50. The Balaban J connectivity index is 2.46. The first-order valence-corrected chi connectivity index (χ1v) is 6.32. The van der Waals surface area contributed by atoms with Gasteiger partial charge in [0.2, 0.25) is 0 Å². The van der Waals surface area contributed by atoms with Crippen molar-refractivity contribution in [3.63, 3.8) is 0 Å². The van der Waals surface area contributed by atoms with Crippen LogP contribution in [0, 0.1) is 19.9 Å². The Kier molecular flexibility index (Phi) is 2.19. The monoisotopic (exact) mass is 223 g/mol. The first-order valence-electron chi connectivity index (χ1n) is 5.43. The average Bonchev–Trinajstić information content (AvgIpc) is 2.28. The predicted octanol–water partition coefficient (Wildman–Crippen LogP) is 4.99. The Morgan fingerprint density at radius 1 is 1.00 bits per heavy atom. The Labute approximate surface area is 97.0 Å². The van der Waals surface area contributed by atoms with E-state index in [1.807, 2.05) is 0 Å². The van der Waals surface area contributed by atoms with Gasteiger partial charge in [-0.15, -0.1) is 0 Å². The van der Waals surface area contributed by atoms with Crippen LogP contribution in [0.25, 0.3) is 21.0 Å². The van der Waals surface area contributed by atoms with Crippen molar-refractivity contribution in [3.8, 4) is 0 Å². The van der Waals surface area contributed by atoms with Crippen LogP contribution >= 0.6 is 8.19 Å². The minimum Gasteiger partial charge on any atom is -0.0616 e. The molecule has 0 atom stereocenters. The van der Waals surface area contributed by atoms with Crippen molar-refractivity contribution in [2.45, 2.75) is 13.8 Å². The summed E-state index contributed by atoms with van der Waals surface area (Å²) < 4.78 is 0. The zero-order valence-electron chi connectivity index (χ0n) is 9.41. The molecule has 1 heteroatoms. The van der Waals surface area contributed by atoms with E-state index in [0.29, 0.717) is 0 Å². The lowest BCUT2D eigenvalue weighted by Gasteiger charge is -2.04. The molecule has 0 spiro atoms. The number of rotatable bonds is 0. The van der Waals surface area contributed by atoms with Gasteiger partial charge in [-0.2, -0.15) is 0 Å². The van der Waals surface area contributed by atoms with E-state index in [2.05, 4.69) is 56.3 Å². The predicted molar refractivity (Wildman–Crippen MR) is 72.3 cm³/mol. The Hall–Kier alpha value is -1.39. The lowest BCUT2D eigenvalue weighted by Crippen LogP contribution is -1.81. The van der Waals surface area contributed by atoms with Crippen LogP contribution in [0.5, 0.6) is 0 Å². The van der Waals surface area contributed by atoms with Crippen LogP contribution in [0.3, 0.4) is 0 Å². The Morgan fingerprint density at radius 3 is 2.69 bits per heavy atom. The molecule has 2 aromatic carbocycles. The van der Waals surface area contributed by atoms with Crippen LogP contribution in [0.2, 0.25) is 0 Å². The molecule has 0 saturated carbocycles. The molecule has 16 heavy (non-hydrogen) atoms. The van der Waals surface area contributed by atoms with Crippen LogP contribution in [0.1, 0.15) is 11.1 Å². The highest BCUT2D eigenvalue weighted by atomic mass is 31.0. The van der Waals surface area contributed by atoms with Crippen molar-refractivity contribution in [3.05, 3.63) is 53.6 Å². The van der Waals surface area contributed by atoms with Gasteiger partial charge in [-0.3, -0.25) is 0 Å². The fraction of sp³-hybridized carbons (Fsp3) is 0.133. The summed E-state index contributed by atoms with van der Waals surface area (Å²) in [6.07, 6.45) is 0. The van der Waals surface area contributed by atoms with Crippen molar-refractivity contribution < 1.29 is 0 Å². The molecule has 1 radical (unpaired) electrons. The van der Waals surface area contributed by atoms with E-state index in [9.17, 15) is 0 Å². The highest BCUT2D eigenvalue weighted by molar-refractivity contribution is 7.43. The van der Waals surface area contributed by atoms with E-state index < -0.39 is 0 Å². The smallest absolute Gasteiger partial charge is 0.0105 e. The van der Waals surface area contributed by atoms with Crippen LogP contribution in [-0.2, 0) is 0 Å². The summed E-state index contributed by atoms with van der Waals surface area (Å²) in [4.78, 5) is 0. The number of hydrogen-bond donors (Lipinski definition) is 0. The first-order chi connectivity index (χ1) is 7.74. The average molecular weight is 223 g/mol. The van der Waals surface area contributed by atoms with Crippen molar-refractivity contribution in [2.24, 2.45) is 0 Å². The molecule has 0 unspecified atom stereocenters. The van der Waals surface area contributed by atoms with Gasteiger partial charge < -0.3 is 0 Å². The van der Waals surface area contributed by atoms with Gasteiger partial charge in [0.05, 0.1) is 0 Å². The van der Waals surface area contributed by atoms with Gasteiger partial charge in [0.1, 0.15) is 0 Å². The first kappa shape index (κ1) is 9.81. The van der Waals surface area contributed by atoms with Crippen molar-refractivity contribution in [1.29, 1.82) is 0 Å². The van der Waals surface area contributed by atoms with Gasteiger partial charge in [-0.05, 0) is 60.0 Å². The second kappa shape index (κ2) is 3.57. The summed E-state index contributed by atoms with van der Waals surface area (Å²) in [5.41, 5.74) is 2.59. The minimum absolute atomic E-state index is 1.25. The zero-order chi connectivity index (χ0) is 11.1. The van der Waals surface area contributed by atoms with Gasteiger partial charge in [-0.1, -0.05) is 26.4 Å². The summed E-state index contributed by atoms with van der Waals surface area (Å²) in [5.74, 6) is 0. The van der Waals surface area contributed by atoms with Crippen LogP contribution in [0.4, 0.5) is 0 Å². The molecule has 0 saturated heterocycles. The van der Waals surface area contributed by atoms with Crippen LogP contribution in [-0.4, -0.2) is 0 Å². The maximum absolute atomic E-state index is 3.47. The summed E-state index contributed by atoms with van der Waals surface area (Å²) >= 11 is 0. The largest absolute Gasteiger partial charge is 0.0616 e. The van der Waals surface area contributed by atoms with Gasteiger partial charge in [0, 0.05) is 10.2 Å². The third-order valence-corrected chi connectivity index (χ3v) is 4.28. The molecule has 3 aromatic rings. The molecule has 0 bridgehead atoms. The minimum atomic E-state index is 1.25. The Bertz CT molecular complexity index is 623. The molecule has 3 rings (SSSR count). The lowest BCUT2D eigenvalue weighted by molar-refractivity contribution is 1.36. The van der Waals surface area contributed by atoms with Crippen molar-refractivity contribution in [1.82, 2.24) is 0 Å². The van der Waals surface area contributed by atoms with Crippen molar-refractivity contribution in [2.75, 3.05) is 0 Å². The quantitative estimate of drug-likeness (QED) is 0.471. The SMILES string of the molecule is Cc1[c]c2cc3ccccc3pc2cc1C. The second-order valence-electron chi connectivity index (χ2n) is 4.19. The van der Waals surface area contributed by atoms with E-state index in [4.69, 9.17) is 0 Å².